The Morgan fingerprint density at radius 3 is 2.69 bits per heavy atom. The van der Waals surface area contributed by atoms with Crippen LogP contribution in [0.4, 0.5) is 5.82 Å². The van der Waals surface area contributed by atoms with Crippen molar-refractivity contribution in [1.29, 1.82) is 0 Å². The Kier molecular flexibility index (Phi) is 4.29. The van der Waals surface area contributed by atoms with Crippen molar-refractivity contribution >= 4 is 11.5 Å². The smallest absolute Gasteiger partial charge is 0.328 e. The summed E-state index contributed by atoms with van der Waals surface area (Å²) in [7, 11) is 0. The predicted octanol–water partition coefficient (Wildman–Crippen LogP) is -0.290. The van der Waals surface area contributed by atoms with Gasteiger partial charge in [0.25, 0.3) is 5.56 Å². The maximum atomic E-state index is 12.0. The van der Waals surface area contributed by atoms with Gasteiger partial charge < -0.3 is 9.88 Å². The zero-order valence-corrected chi connectivity index (χ0v) is 14.6. The molecule has 1 N–H and O–H groups in total. The maximum absolute atomic E-state index is 12.0. The molecule has 0 aliphatic carbocycles. The van der Waals surface area contributed by atoms with Crippen molar-refractivity contribution in [1.82, 2.24) is 29.0 Å². The number of fused-ring (bicyclic) bond motifs is 1. The van der Waals surface area contributed by atoms with Gasteiger partial charge in [-0.25, -0.2) is 14.3 Å². The van der Waals surface area contributed by atoms with Crippen LogP contribution in [-0.2, 0) is 6.54 Å². The molecule has 0 unspecified atom stereocenters. The van der Waals surface area contributed by atoms with Gasteiger partial charge in [-0.2, -0.15) is 0 Å². The molecule has 1 aliphatic rings. The van der Waals surface area contributed by atoms with Crippen LogP contribution in [0.3, 0.4) is 0 Å². The Labute approximate surface area is 149 Å². The highest BCUT2D eigenvalue weighted by atomic mass is 16.2. The van der Waals surface area contributed by atoms with Crippen LogP contribution in [0.1, 0.15) is 5.69 Å². The number of H-pyrrole nitrogens is 1. The highest BCUT2D eigenvalue weighted by Gasteiger charge is 2.18. The molecule has 0 amide bonds. The van der Waals surface area contributed by atoms with Gasteiger partial charge in [0.2, 0.25) is 0 Å². The summed E-state index contributed by atoms with van der Waals surface area (Å²) in [6.07, 6.45) is 3.57. The molecule has 0 bridgehead atoms. The second kappa shape index (κ2) is 6.75. The van der Waals surface area contributed by atoms with Gasteiger partial charge in [-0.3, -0.25) is 14.3 Å². The third kappa shape index (κ3) is 3.25. The summed E-state index contributed by atoms with van der Waals surface area (Å²) in [6, 6.07) is 5.41. The Morgan fingerprint density at radius 2 is 1.92 bits per heavy atom. The van der Waals surface area contributed by atoms with Gasteiger partial charge in [0.1, 0.15) is 5.82 Å². The first-order valence-corrected chi connectivity index (χ1v) is 8.69. The lowest BCUT2D eigenvalue weighted by molar-refractivity contribution is 0.245. The summed E-state index contributed by atoms with van der Waals surface area (Å²) < 4.78 is 3.03. The van der Waals surface area contributed by atoms with Gasteiger partial charge in [0.05, 0.1) is 0 Å². The van der Waals surface area contributed by atoms with E-state index in [1.54, 1.807) is 17.6 Å². The summed E-state index contributed by atoms with van der Waals surface area (Å²) in [4.78, 5) is 35.3. The monoisotopic (exact) mass is 355 g/mol. The van der Waals surface area contributed by atoms with Gasteiger partial charge in [-0.05, 0) is 19.1 Å². The Morgan fingerprint density at radius 1 is 1.12 bits per heavy atom. The molecular weight excluding hydrogens is 334 g/mol. The molecule has 4 rings (SSSR count). The van der Waals surface area contributed by atoms with Crippen molar-refractivity contribution in [3.05, 3.63) is 57.1 Å². The van der Waals surface area contributed by atoms with E-state index < -0.39 is 0 Å². The van der Waals surface area contributed by atoms with Gasteiger partial charge in [0.15, 0.2) is 5.65 Å². The molecule has 1 saturated heterocycles. The third-order valence-corrected chi connectivity index (χ3v) is 4.73. The quantitative estimate of drug-likeness (QED) is 0.692. The van der Waals surface area contributed by atoms with E-state index in [2.05, 4.69) is 24.9 Å². The largest absolute Gasteiger partial charge is 0.353 e. The topological polar surface area (TPSA) is 91.5 Å². The zero-order valence-electron chi connectivity index (χ0n) is 14.6. The fraction of sp³-hybridized carbons (Fsp3) is 0.412. The number of aromatic nitrogens is 5. The summed E-state index contributed by atoms with van der Waals surface area (Å²) >= 11 is 0. The molecule has 3 aromatic rings. The lowest BCUT2D eigenvalue weighted by atomic mass is 10.3. The van der Waals surface area contributed by atoms with Crippen LogP contribution in [0.25, 0.3) is 5.65 Å². The molecule has 0 spiro atoms. The number of hydrogen-bond donors (Lipinski definition) is 1. The summed E-state index contributed by atoms with van der Waals surface area (Å²) in [5.41, 5.74) is 0.836. The van der Waals surface area contributed by atoms with E-state index >= 15 is 0 Å². The Hall–Kier alpha value is -2.94. The highest BCUT2D eigenvalue weighted by molar-refractivity contribution is 5.46. The van der Waals surface area contributed by atoms with Crippen molar-refractivity contribution in [2.24, 2.45) is 0 Å². The van der Waals surface area contributed by atoms with Gasteiger partial charge in [0, 0.05) is 63.4 Å². The number of imidazole rings is 1. The van der Waals surface area contributed by atoms with Crippen LogP contribution >= 0.6 is 0 Å². The van der Waals surface area contributed by atoms with E-state index in [1.165, 1.54) is 10.6 Å². The molecular formula is C17H21N7O2. The molecule has 0 aromatic carbocycles. The fourth-order valence-electron chi connectivity index (χ4n) is 3.26. The van der Waals surface area contributed by atoms with E-state index in [-0.39, 0.29) is 11.2 Å². The molecule has 1 fully saturated rings. The Bertz CT molecular complexity index is 996. The van der Waals surface area contributed by atoms with Crippen molar-refractivity contribution in [3.63, 3.8) is 0 Å². The SMILES string of the molecule is Cc1cc(=O)n(CCN2CCN(c3ccc4nccn4n3)CC2)c(=O)[nH]1. The average molecular weight is 355 g/mol. The van der Waals surface area contributed by atoms with E-state index in [9.17, 15) is 9.59 Å². The number of anilines is 1. The fourth-order valence-corrected chi connectivity index (χ4v) is 3.26. The number of nitrogens with one attached hydrogen (secondary N) is 1. The average Bonchev–Trinajstić information content (AvgIpc) is 3.09. The predicted molar refractivity (Wildman–Crippen MR) is 97.7 cm³/mol. The minimum absolute atomic E-state index is 0.247. The number of hydrogen-bond acceptors (Lipinski definition) is 6. The highest BCUT2D eigenvalue weighted by Crippen LogP contribution is 2.14. The molecule has 3 aromatic heterocycles. The van der Waals surface area contributed by atoms with Crippen LogP contribution in [-0.4, -0.2) is 61.8 Å². The second-order valence-electron chi connectivity index (χ2n) is 6.50. The molecule has 26 heavy (non-hydrogen) atoms. The van der Waals surface area contributed by atoms with Gasteiger partial charge in [-0.1, -0.05) is 0 Å². The third-order valence-electron chi connectivity index (χ3n) is 4.73. The van der Waals surface area contributed by atoms with E-state index in [0.29, 0.717) is 18.8 Å². The van der Waals surface area contributed by atoms with Crippen LogP contribution in [0.5, 0.6) is 0 Å². The molecule has 136 valence electrons. The van der Waals surface area contributed by atoms with Crippen LogP contribution in [0.15, 0.2) is 40.2 Å². The minimum Gasteiger partial charge on any atom is -0.353 e. The number of piperazine rings is 1. The van der Waals surface area contributed by atoms with E-state index in [0.717, 1.165) is 37.6 Å². The van der Waals surface area contributed by atoms with Crippen molar-refractivity contribution in [2.75, 3.05) is 37.6 Å². The lowest BCUT2D eigenvalue weighted by Crippen LogP contribution is -2.48. The standard InChI is InChI=1S/C17H21N7O2/c1-13-12-16(25)23(17(26)19-13)11-8-21-6-9-22(10-7-21)15-3-2-14-18-4-5-24(14)20-15/h2-5,12H,6-11H2,1H3,(H,19,26). The van der Waals surface area contributed by atoms with E-state index in [1.807, 2.05) is 18.3 Å². The number of aromatic amines is 1. The molecule has 0 saturated carbocycles. The van der Waals surface area contributed by atoms with Crippen LogP contribution in [0, 0.1) is 6.92 Å². The van der Waals surface area contributed by atoms with Crippen LogP contribution in [0.2, 0.25) is 0 Å². The number of rotatable bonds is 4. The number of nitrogens with zero attached hydrogens (tertiary/aromatic N) is 6. The zero-order chi connectivity index (χ0) is 18.1. The molecule has 0 radical (unpaired) electrons. The maximum Gasteiger partial charge on any atom is 0.328 e. The van der Waals surface area contributed by atoms with Crippen molar-refractivity contribution in [2.45, 2.75) is 13.5 Å². The normalized spacial score (nSPS) is 15.7. The van der Waals surface area contributed by atoms with E-state index in [4.69, 9.17) is 0 Å². The summed E-state index contributed by atoms with van der Waals surface area (Å²) in [5.74, 6) is 0.932. The van der Waals surface area contributed by atoms with Gasteiger partial charge in [-0.15, -0.1) is 5.10 Å². The Balaban J connectivity index is 1.36. The summed E-state index contributed by atoms with van der Waals surface area (Å²) in [6.45, 7) is 6.21. The molecule has 4 heterocycles. The molecule has 9 heteroatoms. The van der Waals surface area contributed by atoms with Crippen molar-refractivity contribution in [3.8, 4) is 0 Å². The minimum atomic E-state index is -0.341. The van der Waals surface area contributed by atoms with Crippen LogP contribution < -0.4 is 16.1 Å². The first-order valence-electron chi connectivity index (χ1n) is 8.69. The second-order valence-corrected chi connectivity index (χ2v) is 6.50. The molecule has 1 aliphatic heterocycles. The summed E-state index contributed by atoms with van der Waals surface area (Å²) in [5, 5.41) is 4.58. The first kappa shape index (κ1) is 16.5. The first-order chi connectivity index (χ1) is 12.6. The van der Waals surface area contributed by atoms with Crippen molar-refractivity contribution < 1.29 is 0 Å². The number of aryl methyl sites for hydroxylation is 1. The molecule has 9 nitrogen and oxygen atoms in total. The molecule has 0 atom stereocenters. The lowest BCUT2D eigenvalue weighted by Gasteiger charge is -2.35. The van der Waals surface area contributed by atoms with Gasteiger partial charge >= 0.3 is 5.69 Å².